The van der Waals surface area contributed by atoms with E-state index in [1.807, 2.05) is 20.0 Å². The minimum absolute atomic E-state index is 0.244. The number of rotatable bonds is 3. The molecule has 1 aliphatic rings. The number of amidine groups is 1. The van der Waals surface area contributed by atoms with Crippen molar-refractivity contribution in [2.24, 2.45) is 10.9 Å². The number of nitrogens with two attached hydrogens (primary N) is 1. The summed E-state index contributed by atoms with van der Waals surface area (Å²) in [6, 6.07) is 2.08. The van der Waals surface area contributed by atoms with Crippen molar-refractivity contribution in [3.8, 4) is 0 Å². The maximum absolute atomic E-state index is 8.90. The van der Waals surface area contributed by atoms with Gasteiger partial charge in [-0.15, -0.1) is 0 Å². The number of piperazine rings is 1. The lowest BCUT2D eigenvalue weighted by molar-refractivity contribution is 0.161. The smallest absolute Gasteiger partial charge is 0.159 e. The maximum Gasteiger partial charge on any atom is 0.159 e. The van der Waals surface area contributed by atoms with E-state index in [1.54, 1.807) is 0 Å². The molecular weight excluding hydrogens is 334 g/mol. The van der Waals surface area contributed by atoms with Gasteiger partial charge in [-0.05, 0) is 48.3 Å². The van der Waals surface area contributed by atoms with Gasteiger partial charge in [0.1, 0.15) is 5.82 Å². The molecule has 0 aromatic carbocycles. The number of anilines is 1. The first kappa shape index (κ1) is 16.0. The van der Waals surface area contributed by atoms with Gasteiger partial charge in [-0.1, -0.05) is 5.16 Å². The van der Waals surface area contributed by atoms with Gasteiger partial charge in [-0.25, -0.2) is 4.98 Å². The summed E-state index contributed by atoms with van der Waals surface area (Å²) in [5.74, 6) is 1.27. The molecule has 7 heteroatoms. The van der Waals surface area contributed by atoms with Crippen molar-refractivity contribution in [3.05, 3.63) is 22.3 Å². The van der Waals surface area contributed by atoms with Crippen molar-refractivity contribution < 1.29 is 5.21 Å². The Morgan fingerprint density at radius 2 is 2.00 bits per heavy atom. The number of hydrogen-bond donors (Lipinski definition) is 2. The fraction of sp³-hybridized carbons (Fsp3) is 0.571. The number of aryl methyl sites for hydroxylation is 1. The second-order valence-electron chi connectivity index (χ2n) is 5.81. The van der Waals surface area contributed by atoms with Gasteiger partial charge in [-0.3, -0.25) is 4.90 Å². The minimum atomic E-state index is -0.441. The summed E-state index contributed by atoms with van der Waals surface area (Å²) < 4.78 is 0.996. The third-order valence-electron chi connectivity index (χ3n) is 4.12. The Bertz CT molecular complexity index is 538. The molecule has 116 valence electrons. The first-order valence-electron chi connectivity index (χ1n) is 6.96. The molecule has 3 N–H and O–H groups in total. The van der Waals surface area contributed by atoms with Crippen molar-refractivity contribution >= 4 is 27.6 Å². The van der Waals surface area contributed by atoms with Crippen LogP contribution in [0, 0.1) is 6.92 Å². The average Bonchev–Trinajstić information content (AvgIpc) is 2.46. The van der Waals surface area contributed by atoms with E-state index in [4.69, 9.17) is 10.9 Å². The van der Waals surface area contributed by atoms with Gasteiger partial charge < -0.3 is 15.8 Å². The second-order valence-corrected chi connectivity index (χ2v) is 6.73. The summed E-state index contributed by atoms with van der Waals surface area (Å²) in [6.45, 7) is 9.46. The highest BCUT2D eigenvalue weighted by Crippen LogP contribution is 2.24. The molecule has 0 unspecified atom stereocenters. The van der Waals surface area contributed by atoms with E-state index in [9.17, 15) is 0 Å². The Balaban J connectivity index is 2.07. The molecule has 2 rings (SSSR count). The van der Waals surface area contributed by atoms with E-state index in [-0.39, 0.29) is 5.84 Å². The molecule has 0 radical (unpaired) electrons. The number of halogens is 1. The molecule has 0 bridgehead atoms. The van der Waals surface area contributed by atoms with Gasteiger partial charge >= 0.3 is 0 Å². The van der Waals surface area contributed by atoms with Crippen molar-refractivity contribution in [3.63, 3.8) is 0 Å². The van der Waals surface area contributed by atoms with Crippen LogP contribution in [-0.2, 0) is 0 Å². The monoisotopic (exact) mass is 355 g/mol. The summed E-state index contributed by atoms with van der Waals surface area (Å²) in [6.07, 6.45) is 1.83. The SMILES string of the molecule is Cc1cc(Br)cnc1N1CCN(C(C)(C)C(N)=NO)CC1. The van der Waals surface area contributed by atoms with Crippen LogP contribution in [0.4, 0.5) is 5.82 Å². The van der Waals surface area contributed by atoms with Crippen LogP contribution in [0.3, 0.4) is 0 Å². The van der Waals surface area contributed by atoms with Gasteiger partial charge in [0.25, 0.3) is 0 Å². The highest BCUT2D eigenvalue weighted by molar-refractivity contribution is 9.10. The second kappa shape index (κ2) is 6.19. The van der Waals surface area contributed by atoms with Crippen LogP contribution in [-0.4, -0.2) is 52.6 Å². The lowest BCUT2D eigenvalue weighted by Gasteiger charge is -2.43. The van der Waals surface area contributed by atoms with Gasteiger partial charge in [0, 0.05) is 36.8 Å². The number of nitrogens with zero attached hydrogens (tertiary/aromatic N) is 4. The van der Waals surface area contributed by atoms with Crippen LogP contribution in [0.15, 0.2) is 21.9 Å². The highest BCUT2D eigenvalue weighted by Gasteiger charge is 2.34. The minimum Gasteiger partial charge on any atom is -0.409 e. The Morgan fingerprint density at radius 3 is 2.52 bits per heavy atom. The van der Waals surface area contributed by atoms with Crippen molar-refractivity contribution in [1.29, 1.82) is 0 Å². The zero-order valence-corrected chi connectivity index (χ0v) is 14.3. The maximum atomic E-state index is 8.90. The number of aromatic nitrogens is 1. The van der Waals surface area contributed by atoms with Crippen molar-refractivity contribution in [2.75, 3.05) is 31.1 Å². The zero-order chi connectivity index (χ0) is 15.6. The first-order valence-corrected chi connectivity index (χ1v) is 7.75. The zero-order valence-electron chi connectivity index (χ0n) is 12.7. The molecule has 0 aliphatic carbocycles. The molecule has 1 aromatic heterocycles. The van der Waals surface area contributed by atoms with Crippen LogP contribution in [0.1, 0.15) is 19.4 Å². The van der Waals surface area contributed by atoms with Crippen LogP contribution < -0.4 is 10.6 Å². The molecule has 21 heavy (non-hydrogen) atoms. The molecule has 1 fully saturated rings. The fourth-order valence-electron chi connectivity index (χ4n) is 2.63. The number of hydrogen-bond acceptors (Lipinski definition) is 5. The summed E-state index contributed by atoms with van der Waals surface area (Å²) >= 11 is 3.44. The van der Waals surface area contributed by atoms with E-state index in [2.05, 4.69) is 48.9 Å². The largest absolute Gasteiger partial charge is 0.409 e. The van der Waals surface area contributed by atoms with E-state index < -0.39 is 5.54 Å². The number of oxime groups is 1. The Morgan fingerprint density at radius 1 is 1.38 bits per heavy atom. The lowest BCUT2D eigenvalue weighted by atomic mass is 10.00. The number of pyridine rings is 1. The molecule has 0 spiro atoms. The molecule has 1 aliphatic heterocycles. The Kier molecular flexibility index (Phi) is 4.73. The highest BCUT2D eigenvalue weighted by atomic mass is 79.9. The quantitative estimate of drug-likeness (QED) is 0.374. The summed E-state index contributed by atoms with van der Waals surface area (Å²) in [5.41, 5.74) is 6.51. The molecule has 2 heterocycles. The Hall–Kier alpha value is -1.34. The third-order valence-corrected chi connectivity index (χ3v) is 4.56. The molecule has 0 saturated carbocycles. The van der Waals surface area contributed by atoms with Crippen LogP contribution in [0.2, 0.25) is 0 Å². The normalized spacial score (nSPS) is 18.1. The van der Waals surface area contributed by atoms with E-state index in [1.165, 1.54) is 0 Å². The van der Waals surface area contributed by atoms with Crippen molar-refractivity contribution in [1.82, 2.24) is 9.88 Å². The van der Waals surface area contributed by atoms with Gasteiger partial charge in [-0.2, -0.15) is 0 Å². The topological polar surface area (TPSA) is 78.0 Å². The molecular formula is C14H22BrN5O. The molecule has 6 nitrogen and oxygen atoms in total. The average molecular weight is 356 g/mol. The molecule has 1 aromatic rings. The summed E-state index contributed by atoms with van der Waals surface area (Å²) in [7, 11) is 0. The standard InChI is InChI=1S/C14H22BrN5O/c1-10-8-11(15)9-17-12(10)19-4-6-20(7-5-19)14(2,3)13(16)18-21/h8-9,21H,4-7H2,1-3H3,(H2,16,18). The predicted octanol–water partition coefficient (Wildman–Crippen LogP) is 1.80. The predicted molar refractivity (Wildman–Crippen MR) is 87.9 cm³/mol. The van der Waals surface area contributed by atoms with Crippen LogP contribution in [0.5, 0.6) is 0 Å². The van der Waals surface area contributed by atoms with Gasteiger partial charge in [0.15, 0.2) is 5.84 Å². The third kappa shape index (κ3) is 3.29. The van der Waals surface area contributed by atoms with Gasteiger partial charge in [0.05, 0.1) is 5.54 Å². The van der Waals surface area contributed by atoms with Gasteiger partial charge in [0.2, 0.25) is 0 Å². The van der Waals surface area contributed by atoms with Crippen LogP contribution in [0.25, 0.3) is 0 Å². The molecule has 0 atom stereocenters. The fourth-order valence-corrected chi connectivity index (χ4v) is 3.07. The Labute approximate surface area is 133 Å². The molecule has 1 saturated heterocycles. The summed E-state index contributed by atoms with van der Waals surface area (Å²) in [5, 5.41) is 12.1. The van der Waals surface area contributed by atoms with Crippen LogP contribution >= 0.6 is 15.9 Å². The summed E-state index contributed by atoms with van der Waals surface area (Å²) in [4.78, 5) is 9.02. The first-order chi connectivity index (χ1) is 9.86. The lowest BCUT2D eigenvalue weighted by Crippen LogP contribution is -2.60. The van der Waals surface area contributed by atoms with E-state index in [0.29, 0.717) is 0 Å². The van der Waals surface area contributed by atoms with E-state index >= 15 is 0 Å². The van der Waals surface area contributed by atoms with Crippen molar-refractivity contribution in [2.45, 2.75) is 26.3 Å². The van der Waals surface area contributed by atoms with E-state index in [0.717, 1.165) is 42.0 Å². The molecule has 0 amide bonds.